The van der Waals surface area contributed by atoms with E-state index in [1.807, 2.05) is 23.8 Å². The van der Waals surface area contributed by atoms with Crippen molar-refractivity contribution < 1.29 is 14.4 Å². The lowest BCUT2D eigenvalue weighted by Crippen LogP contribution is -2.27. The van der Waals surface area contributed by atoms with E-state index < -0.39 is 6.10 Å². The minimum absolute atomic E-state index is 0.148. The van der Waals surface area contributed by atoms with Gasteiger partial charge in [-0.25, -0.2) is 0 Å². The number of thiophene rings is 1. The Morgan fingerprint density at radius 2 is 2.40 bits per heavy atom. The first kappa shape index (κ1) is 14.7. The van der Waals surface area contributed by atoms with E-state index in [2.05, 4.69) is 17.4 Å². The summed E-state index contributed by atoms with van der Waals surface area (Å²) in [4.78, 5) is 11.9. The number of rotatable bonds is 6. The number of hydrogen-bond acceptors (Lipinski definition) is 5. The van der Waals surface area contributed by atoms with Crippen molar-refractivity contribution in [3.8, 4) is 0 Å². The van der Waals surface area contributed by atoms with Crippen LogP contribution in [0.1, 0.15) is 54.1 Å². The highest BCUT2D eigenvalue weighted by atomic mass is 32.1. The molecule has 0 aliphatic heterocycles. The third-order valence-electron chi connectivity index (χ3n) is 3.25. The Hall–Kier alpha value is -1.66. The number of nitrogens with one attached hydrogen (secondary N) is 1. The Morgan fingerprint density at radius 1 is 1.60 bits per heavy atom. The van der Waals surface area contributed by atoms with Crippen molar-refractivity contribution in [2.24, 2.45) is 0 Å². The molecule has 0 aliphatic carbocycles. The van der Waals surface area contributed by atoms with Gasteiger partial charge in [0.05, 0.1) is 11.8 Å². The summed E-state index contributed by atoms with van der Waals surface area (Å²) in [6, 6.07) is 3.48. The molecule has 0 saturated carbocycles. The number of hydrogen-bond donors (Lipinski definition) is 2. The van der Waals surface area contributed by atoms with Gasteiger partial charge < -0.3 is 14.9 Å². The molecule has 0 fully saturated rings. The molecular weight excluding hydrogens is 276 g/mol. The molecule has 108 valence electrons. The number of aliphatic hydroxyl groups is 1. The van der Waals surface area contributed by atoms with E-state index in [1.165, 1.54) is 11.3 Å². The van der Waals surface area contributed by atoms with Crippen LogP contribution in [0.2, 0.25) is 0 Å². The molecule has 2 heterocycles. The van der Waals surface area contributed by atoms with Gasteiger partial charge in [-0.15, -0.1) is 0 Å². The second-order valence-corrected chi connectivity index (χ2v) is 5.49. The van der Waals surface area contributed by atoms with Crippen LogP contribution in [0.4, 0.5) is 0 Å². The van der Waals surface area contributed by atoms with E-state index in [1.54, 1.807) is 6.07 Å². The highest BCUT2D eigenvalue weighted by molar-refractivity contribution is 7.07. The molecule has 2 N–H and O–H groups in total. The topological polar surface area (TPSA) is 75.4 Å². The number of nitrogens with zero attached hydrogens (tertiary/aromatic N) is 1. The van der Waals surface area contributed by atoms with Gasteiger partial charge in [0.1, 0.15) is 0 Å². The number of carbonyl (C=O) groups excluding carboxylic acids is 1. The van der Waals surface area contributed by atoms with Crippen LogP contribution in [-0.2, 0) is 0 Å². The summed E-state index contributed by atoms with van der Waals surface area (Å²) in [5.74, 6) is 0.0795. The SMILES string of the molecule is CCC(C)c1cc(C(=O)NCC(O)c2ccsc2)on1. The van der Waals surface area contributed by atoms with E-state index in [-0.39, 0.29) is 24.1 Å². The highest BCUT2D eigenvalue weighted by Gasteiger charge is 2.17. The average molecular weight is 294 g/mol. The van der Waals surface area contributed by atoms with Gasteiger partial charge in [-0.3, -0.25) is 4.79 Å². The Balaban J connectivity index is 1.90. The van der Waals surface area contributed by atoms with Crippen molar-refractivity contribution in [2.45, 2.75) is 32.3 Å². The van der Waals surface area contributed by atoms with Gasteiger partial charge >= 0.3 is 0 Å². The first-order valence-corrected chi connectivity index (χ1v) is 7.51. The Labute approximate surface area is 121 Å². The molecule has 2 aromatic rings. The van der Waals surface area contributed by atoms with Crippen LogP contribution in [-0.4, -0.2) is 22.7 Å². The van der Waals surface area contributed by atoms with Crippen LogP contribution in [0, 0.1) is 0 Å². The van der Waals surface area contributed by atoms with Gasteiger partial charge in [-0.2, -0.15) is 11.3 Å². The lowest BCUT2D eigenvalue weighted by Gasteiger charge is -2.09. The third-order valence-corrected chi connectivity index (χ3v) is 3.95. The maximum absolute atomic E-state index is 11.9. The lowest BCUT2D eigenvalue weighted by atomic mass is 10.1. The minimum atomic E-state index is -0.706. The van der Waals surface area contributed by atoms with E-state index in [0.29, 0.717) is 0 Å². The van der Waals surface area contributed by atoms with E-state index >= 15 is 0 Å². The van der Waals surface area contributed by atoms with E-state index in [0.717, 1.165) is 17.7 Å². The lowest BCUT2D eigenvalue weighted by molar-refractivity contribution is 0.0880. The van der Waals surface area contributed by atoms with Crippen molar-refractivity contribution in [3.63, 3.8) is 0 Å². The summed E-state index contributed by atoms with van der Waals surface area (Å²) in [6.45, 7) is 4.23. The quantitative estimate of drug-likeness (QED) is 0.859. The Bertz CT molecular complexity index is 551. The fourth-order valence-electron chi connectivity index (χ4n) is 1.70. The molecule has 2 rings (SSSR count). The van der Waals surface area contributed by atoms with Crippen LogP contribution in [0.15, 0.2) is 27.4 Å². The smallest absolute Gasteiger partial charge is 0.290 e. The van der Waals surface area contributed by atoms with Gasteiger partial charge in [-0.1, -0.05) is 19.0 Å². The van der Waals surface area contributed by atoms with Crippen molar-refractivity contribution in [1.82, 2.24) is 10.5 Å². The van der Waals surface area contributed by atoms with E-state index in [9.17, 15) is 9.90 Å². The van der Waals surface area contributed by atoms with Gasteiger partial charge in [0, 0.05) is 18.5 Å². The average Bonchev–Trinajstić information content (AvgIpc) is 3.13. The summed E-state index contributed by atoms with van der Waals surface area (Å²) in [6.07, 6.45) is 0.229. The third kappa shape index (κ3) is 3.46. The summed E-state index contributed by atoms with van der Waals surface area (Å²) in [5, 5.41) is 20.1. The predicted octanol–water partition coefficient (Wildman–Crippen LogP) is 2.71. The number of aromatic nitrogens is 1. The monoisotopic (exact) mass is 294 g/mol. The summed E-state index contributed by atoms with van der Waals surface area (Å²) in [5.41, 5.74) is 1.57. The van der Waals surface area contributed by atoms with Crippen molar-refractivity contribution in [2.75, 3.05) is 6.54 Å². The molecule has 6 heteroatoms. The number of aliphatic hydroxyl groups excluding tert-OH is 1. The molecule has 2 atom stereocenters. The minimum Gasteiger partial charge on any atom is -0.387 e. The zero-order valence-electron chi connectivity index (χ0n) is 11.5. The fourth-order valence-corrected chi connectivity index (χ4v) is 2.40. The number of carbonyl (C=O) groups is 1. The molecule has 0 saturated heterocycles. The second-order valence-electron chi connectivity index (χ2n) is 4.71. The second kappa shape index (κ2) is 6.67. The van der Waals surface area contributed by atoms with Crippen LogP contribution < -0.4 is 5.32 Å². The Morgan fingerprint density at radius 3 is 3.05 bits per heavy atom. The van der Waals surface area contributed by atoms with Gasteiger partial charge in [0.2, 0.25) is 5.76 Å². The summed E-state index contributed by atoms with van der Waals surface area (Å²) < 4.78 is 5.03. The molecule has 20 heavy (non-hydrogen) atoms. The molecule has 0 bridgehead atoms. The largest absolute Gasteiger partial charge is 0.387 e. The zero-order chi connectivity index (χ0) is 14.5. The molecule has 1 amide bonds. The molecule has 0 spiro atoms. The van der Waals surface area contributed by atoms with Crippen LogP contribution in [0.5, 0.6) is 0 Å². The molecule has 0 radical (unpaired) electrons. The molecule has 5 nitrogen and oxygen atoms in total. The number of amides is 1. The van der Waals surface area contributed by atoms with Crippen LogP contribution in [0.3, 0.4) is 0 Å². The van der Waals surface area contributed by atoms with Gasteiger partial charge in [0.25, 0.3) is 5.91 Å². The molecular formula is C14H18N2O3S. The maximum atomic E-state index is 11.9. The fraction of sp³-hybridized carbons (Fsp3) is 0.429. The highest BCUT2D eigenvalue weighted by Crippen LogP contribution is 2.18. The maximum Gasteiger partial charge on any atom is 0.290 e. The molecule has 2 unspecified atom stereocenters. The standard InChI is InChI=1S/C14H18N2O3S/c1-3-9(2)11-6-13(19-16-11)14(18)15-7-12(17)10-4-5-20-8-10/h4-6,8-9,12,17H,3,7H2,1-2H3,(H,15,18). The molecule has 0 aromatic carbocycles. The first-order valence-electron chi connectivity index (χ1n) is 6.56. The van der Waals surface area contributed by atoms with Crippen LogP contribution >= 0.6 is 11.3 Å². The van der Waals surface area contributed by atoms with E-state index in [4.69, 9.17) is 4.52 Å². The van der Waals surface area contributed by atoms with Gasteiger partial charge in [-0.05, 0) is 28.8 Å². The summed E-state index contributed by atoms with van der Waals surface area (Å²) >= 11 is 1.51. The predicted molar refractivity (Wildman–Crippen MR) is 76.8 cm³/mol. The molecule has 0 aliphatic rings. The summed E-state index contributed by atoms with van der Waals surface area (Å²) in [7, 11) is 0. The zero-order valence-corrected chi connectivity index (χ0v) is 12.3. The Kier molecular flexibility index (Phi) is 4.92. The van der Waals surface area contributed by atoms with Crippen molar-refractivity contribution in [1.29, 1.82) is 0 Å². The molecule has 2 aromatic heterocycles. The van der Waals surface area contributed by atoms with Crippen molar-refractivity contribution >= 4 is 17.2 Å². The van der Waals surface area contributed by atoms with Crippen molar-refractivity contribution in [3.05, 3.63) is 39.9 Å². The van der Waals surface area contributed by atoms with Gasteiger partial charge in [0.15, 0.2) is 0 Å². The first-order chi connectivity index (χ1) is 9.61. The van der Waals surface area contributed by atoms with Crippen LogP contribution in [0.25, 0.3) is 0 Å². The normalized spacial score (nSPS) is 13.9.